The third-order valence-corrected chi connectivity index (χ3v) is 3.91. The summed E-state index contributed by atoms with van der Waals surface area (Å²) >= 11 is 5.03. The summed E-state index contributed by atoms with van der Waals surface area (Å²) < 4.78 is 5.82. The van der Waals surface area contributed by atoms with Crippen LogP contribution in [-0.2, 0) is 0 Å². The van der Waals surface area contributed by atoms with Crippen molar-refractivity contribution in [3.8, 4) is 5.75 Å². The van der Waals surface area contributed by atoms with Gasteiger partial charge in [0.1, 0.15) is 10.7 Å². The number of nitrogens with two attached hydrogens (primary N) is 1. The molecule has 0 spiro atoms. The number of ether oxygens (including phenoxy) is 1. The molecule has 0 saturated heterocycles. The Balaban J connectivity index is 1.73. The van der Waals surface area contributed by atoms with Crippen LogP contribution in [0.4, 0.5) is 0 Å². The maximum Gasteiger partial charge on any atom is 0.129 e. The molecule has 1 aliphatic carbocycles. The molecule has 1 aromatic carbocycles. The fraction of sp³-hybridized carbons (Fsp3) is 0.562. The van der Waals surface area contributed by atoms with Crippen molar-refractivity contribution in [3.05, 3.63) is 29.8 Å². The van der Waals surface area contributed by atoms with Crippen molar-refractivity contribution in [2.24, 2.45) is 11.7 Å². The zero-order chi connectivity index (χ0) is 14.4. The lowest BCUT2D eigenvalue weighted by Gasteiger charge is -2.20. The van der Waals surface area contributed by atoms with E-state index in [2.05, 4.69) is 11.8 Å². The Morgan fingerprint density at radius 2 is 2.15 bits per heavy atom. The summed E-state index contributed by atoms with van der Waals surface area (Å²) in [6, 6.07) is 7.71. The number of hydrogen-bond acceptors (Lipinski definition) is 3. The molecule has 0 atom stereocenters. The standard InChI is InChI=1S/C16H24N2OS/c1-2-18(12-13-8-9-13)10-5-11-19-15-7-4-3-6-14(15)16(17)20/h3-4,6-7,13H,2,5,8-12H2,1H3,(H2,17,20). The van der Waals surface area contributed by atoms with E-state index in [0.717, 1.165) is 36.7 Å². The van der Waals surface area contributed by atoms with Crippen LogP contribution in [0, 0.1) is 5.92 Å². The summed E-state index contributed by atoms with van der Waals surface area (Å²) in [4.78, 5) is 2.91. The minimum absolute atomic E-state index is 0.393. The van der Waals surface area contributed by atoms with E-state index in [1.54, 1.807) is 0 Å². The number of rotatable bonds is 9. The van der Waals surface area contributed by atoms with Gasteiger partial charge in [0.05, 0.1) is 12.2 Å². The lowest BCUT2D eigenvalue weighted by Crippen LogP contribution is -2.28. The average Bonchev–Trinajstić information content (AvgIpc) is 3.26. The smallest absolute Gasteiger partial charge is 0.129 e. The number of para-hydroxylation sites is 1. The molecule has 2 rings (SSSR count). The largest absolute Gasteiger partial charge is 0.493 e. The summed E-state index contributed by atoms with van der Waals surface area (Å²) in [5.74, 6) is 1.75. The maximum atomic E-state index is 5.82. The van der Waals surface area contributed by atoms with Crippen LogP contribution in [0.2, 0.25) is 0 Å². The van der Waals surface area contributed by atoms with E-state index in [1.165, 1.54) is 19.4 Å². The summed E-state index contributed by atoms with van der Waals surface area (Å²) in [7, 11) is 0. The van der Waals surface area contributed by atoms with Gasteiger partial charge < -0.3 is 15.4 Å². The molecule has 4 heteroatoms. The normalized spacial score (nSPS) is 14.5. The highest BCUT2D eigenvalue weighted by molar-refractivity contribution is 7.80. The predicted octanol–water partition coefficient (Wildman–Crippen LogP) is 2.82. The van der Waals surface area contributed by atoms with Crippen molar-refractivity contribution in [3.63, 3.8) is 0 Å². The highest BCUT2D eigenvalue weighted by atomic mass is 32.1. The van der Waals surface area contributed by atoms with Crippen LogP contribution in [0.5, 0.6) is 5.75 Å². The van der Waals surface area contributed by atoms with Gasteiger partial charge in [0.2, 0.25) is 0 Å². The van der Waals surface area contributed by atoms with Crippen LogP contribution in [0.15, 0.2) is 24.3 Å². The first-order valence-corrected chi connectivity index (χ1v) is 7.85. The third kappa shape index (κ3) is 4.76. The number of thiocarbonyl (C=S) groups is 1. The summed E-state index contributed by atoms with van der Waals surface area (Å²) in [6.07, 6.45) is 3.86. The van der Waals surface area contributed by atoms with E-state index >= 15 is 0 Å². The van der Waals surface area contributed by atoms with Crippen molar-refractivity contribution in [2.45, 2.75) is 26.2 Å². The first-order chi connectivity index (χ1) is 9.70. The molecule has 2 N–H and O–H groups in total. The Bertz CT molecular complexity index is 446. The fourth-order valence-corrected chi connectivity index (χ4v) is 2.48. The van der Waals surface area contributed by atoms with E-state index in [4.69, 9.17) is 22.7 Å². The molecule has 0 radical (unpaired) electrons. The molecular weight excluding hydrogens is 268 g/mol. The molecular formula is C16H24N2OS. The van der Waals surface area contributed by atoms with Crippen LogP contribution >= 0.6 is 12.2 Å². The molecule has 0 bridgehead atoms. The van der Waals surface area contributed by atoms with E-state index in [9.17, 15) is 0 Å². The highest BCUT2D eigenvalue weighted by Gasteiger charge is 2.23. The molecule has 0 unspecified atom stereocenters. The number of hydrogen-bond donors (Lipinski definition) is 1. The molecule has 1 aliphatic rings. The average molecular weight is 292 g/mol. The van der Waals surface area contributed by atoms with Crippen molar-refractivity contribution in [1.82, 2.24) is 4.90 Å². The molecule has 1 fully saturated rings. The van der Waals surface area contributed by atoms with Gasteiger partial charge >= 0.3 is 0 Å². The molecule has 3 nitrogen and oxygen atoms in total. The molecule has 110 valence electrons. The van der Waals surface area contributed by atoms with Crippen molar-refractivity contribution >= 4 is 17.2 Å². The summed E-state index contributed by atoms with van der Waals surface area (Å²) in [5, 5.41) is 0. The fourth-order valence-electron chi connectivity index (χ4n) is 2.31. The molecule has 0 amide bonds. The molecule has 1 saturated carbocycles. The molecule has 1 aromatic rings. The van der Waals surface area contributed by atoms with Crippen LogP contribution < -0.4 is 10.5 Å². The van der Waals surface area contributed by atoms with Crippen molar-refractivity contribution in [2.75, 3.05) is 26.2 Å². The molecule has 20 heavy (non-hydrogen) atoms. The zero-order valence-corrected chi connectivity index (χ0v) is 13.0. The van der Waals surface area contributed by atoms with Crippen LogP contribution in [0.25, 0.3) is 0 Å². The zero-order valence-electron chi connectivity index (χ0n) is 12.2. The minimum atomic E-state index is 0.393. The second-order valence-corrected chi connectivity index (χ2v) is 5.84. The highest BCUT2D eigenvalue weighted by Crippen LogP contribution is 2.29. The number of benzene rings is 1. The molecule has 0 aromatic heterocycles. The lowest BCUT2D eigenvalue weighted by molar-refractivity contribution is 0.235. The van der Waals surface area contributed by atoms with Crippen LogP contribution in [0.1, 0.15) is 31.7 Å². The SMILES string of the molecule is CCN(CCCOc1ccccc1C(N)=S)CC1CC1. The summed E-state index contributed by atoms with van der Waals surface area (Å²) in [6.45, 7) is 6.41. The Hall–Kier alpha value is -1.13. The quantitative estimate of drug-likeness (QED) is 0.561. The Kier molecular flexibility index (Phi) is 5.80. The topological polar surface area (TPSA) is 38.5 Å². The summed E-state index contributed by atoms with van der Waals surface area (Å²) in [5.41, 5.74) is 6.52. The van der Waals surface area contributed by atoms with Gasteiger partial charge in [-0.3, -0.25) is 0 Å². The Labute approximate surface area is 127 Å². The Morgan fingerprint density at radius 1 is 1.40 bits per heavy atom. The minimum Gasteiger partial charge on any atom is -0.493 e. The van der Waals surface area contributed by atoms with E-state index in [-0.39, 0.29) is 0 Å². The molecule has 0 heterocycles. The van der Waals surface area contributed by atoms with Gasteiger partial charge in [-0.25, -0.2) is 0 Å². The van der Waals surface area contributed by atoms with Crippen molar-refractivity contribution < 1.29 is 4.74 Å². The van der Waals surface area contributed by atoms with Gasteiger partial charge in [-0.05, 0) is 43.9 Å². The second-order valence-electron chi connectivity index (χ2n) is 5.40. The van der Waals surface area contributed by atoms with Crippen molar-refractivity contribution in [1.29, 1.82) is 0 Å². The van der Waals surface area contributed by atoms with Gasteiger partial charge in [0.15, 0.2) is 0 Å². The lowest BCUT2D eigenvalue weighted by atomic mass is 10.2. The molecule has 0 aliphatic heterocycles. The Morgan fingerprint density at radius 3 is 2.80 bits per heavy atom. The van der Waals surface area contributed by atoms with Gasteiger partial charge in [0, 0.05) is 13.1 Å². The van der Waals surface area contributed by atoms with E-state index in [1.807, 2.05) is 24.3 Å². The second kappa shape index (κ2) is 7.60. The van der Waals surface area contributed by atoms with Gasteiger partial charge in [-0.2, -0.15) is 0 Å². The van der Waals surface area contributed by atoms with Gasteiger partial charge in [0.25, 0.3) is 0 Å². The van der Waals surface area contributed by atoms with Crippen LogP contribution in [-0.4, -0.2) is 36.1 Å². The van der Waals surface area contributed by atoms with E-state index < -0.39 is 0 Å². The predicted molar refractivity (Wildman–Crippen MR) is 87.3 cm³/mol. The number of nitrogens with zero attached hydrogens (tertiary/aromatic N) is 1. The first-order valence-electron chi connectivity index (χ1n) is 7.44. The first kappa shape index (κ1) is 15.3. The van der Waals surface area contributed by atoms with E-state index in [0.29, 0.717) is 11.6 Å². The van der Waals surface area contributed by atoms with Gasteiger partial charge in [-0.1, -0.05) is 31.3 Å². The maximum absolute atomic E-state index is 5.82. The monoisotopic (exact) mass is 292 g/mol. The van der Waals surface area contributed by atoms with Gasteiger partial charge in [-0.15, -0.1) is 0 Å². The third-order valence-electron chi connectivity index (χ3n) is 3.69. The van der Waals surface area contributed by atoms with Crippen LogP contribution in [0.3, 0.4) is 0 Å².